The molecule has 10 heteroatoms. The predicted octanol–water partition coefficient (Wildman–Crippen LogP) is 2.18. The fraction of sp³-hybridized carbons (Fsp3) is 0.471. The molecule has 1 amide bonds. The van der Waals surface area contributed by atoms with Crippen molar-refractivity contribution < 1.29 is 36.8 Å². The van der Waals surface area contributed by atoms with Gasteiger partial charge in [0.1, 0.15) is 17.4 Å². The molecular weight excluding hydrogens is 366 g/mol. The molecule has 1 saturated heterocycles. The van der Waals surface area contributed by atoms with E-state index in [2.05, 4.69) is 0 Å². The molecule has 1 aromatic carbocycles. The van der Waals surface area contributed by atoms with Crippen LogP contribution in [0.5, 0.6) is 0 Å². The fourth-order valence-electron chi connectivity index (χ4n) is 2.80. The van der Waals surface area contributed by atoms with Crippen LogP contribution >= 0.6 is 0 Å². The zero-order valence-electron chi connectivity index (χ0n) is 15.2. The van der Waals surface area contributed by atoms with Gasteiger partial charge < -0.3 is 28.9 Å². The number of hydrogen-bond donors (Lipinski definition) is 1. The number of carbonyl (C=O) groups is 1. The molecule has 27 heavy (non-hydrogen) atoms. The number of amides is 1. The van der Waals surface area contributed by atoms with Crippen molar-refractivity contribution in [3.05, 3.63) is 29.5 Å². The van der Waals surface area contributed by atoms with Crippen molar-refractivity contribution in [2.75, 3.05) is 0 Å². The number of fused-ring (bicyclic) bond motifs is 1. The molecule has 0 atom stereocenters. The molecule has 1 fully saturated rings. The molecule has 0 radical (unpaired) electrons. The Morgan fingerprint density at radius 3 is 2.26 bits per heavy atom. The van der Waals surface area contributed by atoms with E-state index in [-0.39, 0.29) is 28.7 Å². The van der Waals surface area contributed by atoms with Gasteiger partial charge in [0.2, 0.25) is 0 Å². The van der Waals surface area contributed by atoms with Gasteiger partial charge in [-0.1, -0.05) is 6.07 Å². The monoisotopic (exact) mass is 384 g/mol. The summed E-state index contributed by atoms with van der Waals surface area (Å²) in [6, 6.07) is 3.76. The first kappa shape index (κ1) is 19.6. The number of nitrogens with one attached hydrogen (secondary N) is 1. The van der Waals surface area contributed by atoms with E-state index in [1.807, 2.05) is 5.32 Å². The van der Waals surface area contributed by atoms with Crippen LogP contribution in [0.25, 0.3) is 11.0 Å². The second-order valence-electron chi connectivity index (χ2n) is 7.43. The summed E-state index contributed by atoms with van der Waals surface area (Å²) in [4.78, 5) is 10.5. The van der Waals surface area contributed by atoms with Crippen LogP contribution in [0, 0.1) is 0 Å². The van der Waals surface area contributed by atoms with Crippen molar-refractivity contribution in [1.29, 1.82) is 0 Å². The van der Waals surface area contributed by atoms with Crippen LogP contribution in [0.1, 0.15) is 39.0 Å². The number of benzene rings is 1. The van der Waals surface area contributed by atoms with Crippen LogP contribution in [0.3, 0.4) is 0 Å². The Morgan fingerprint density at radius 1 is 1.15 bits per heavy atom. The molecule has 0 aliphatic carbocycles. The molecule has 1 aliphatic rings. The summed E-state index contributed by atoms with van der Waals surface area (Å²) in [5.41, 5.74) is -2.56. The average molecular weight is 384 g/mol. The predicted molar refractivity (Wildman–Crippen MR) is 89.2 cm³/mol. The molecule has 146 valence electrons. The van der Waals surface area contributed by atoms with E-state index in [4.69, 9.17) is 13.7 Å². The number of halogens is 3. The van der Waals surface area contributed by atoms with Crippen molar-refractivity contribution in [3.63, 3.8) is 0 Å². The SMILES string of the molecule is CC1(C)OB(c2cc(C(F)(F)F)c3oc(CNC(=O)[O-])cc3c2)OC1(C)C. The molecular formula is C17H18BF3NO5-. The minimum Gasteiger partial charge on any atom is -0.530 e. The average Bonchev–Trinajstić information content (AvgIpc) is 3.01. The van der Waals surface area contributed by atoms with Gasteiger partial charge in [0, 0.05) is 5.39 Å². The second-order valence-corrected chi connectivity index (χ2v) is 7.43. The Kier molecular flexibility index (Phi) is 4.47. The van der Waals surface area contributed by atoms with E-state index in [1.54, 1.807) is 27.7 Å². The van der Waals surface area contributed by atoms with Crippen LogP contribution in [-0.2, 0) is 22.0 Å². The van der Waals surface area contributed by atoms with Gasteiger partial charge in [-0.15, -0.1) is 0 Å². The van der Waals surface area contributed by atoms with Gasteiger partial charge in [-0.25, -0.2) is 0 Å². The summed E-state index contributed by atoms with van der Waals surface area (Å²) in [6.45, 7) is 6.91. The highest BCUT2D eigenvalue weighted by Crippen LogP contribution is 2.39. The Labute approximate surface area is 153 Å². The zero-order chi connectivity index (χ0) is 20.2. The van der Waals surface area contributed by atoms with Crippen LogP contribution in [0.2, 0.25) is 0 Å². The summed E-state index contributed by atoms with van der Waals surface area (Å²) in [5.74, 6) is 0.0331. The first-order chi connectivity index (χ1) is 12.3. The van der Waals surface area contributed by atoms with Crippen molar-refractivity contribution in [2.45, 2.75) is 51.6 Å². The maximum Gasteiger partial charge on any atom is 0.494 e. The van der Waals surface area contributed by atoms with Gasteiger partial charge in [0.25, 0.3) is 0 Å². The first-order valence-electron chi connectivity index (χ1n) is 8.24. The number of rotatable bonds is 3. The summed E-state index contributed by atoms with van der Waals surface area (Å²) < 4.78 is 57.5. The van der Waals surface area contributed by atoms with E-state index < -0.39 is 36.2 Å². The smallest absolute Gasteiger partial charge is 0.494 e. The van der Waals surface area contributed by atoms with Crippen molar-refractivity contribution in [2.24, 2.45) is 0 Å². The van der Waals surface area contributed by atoms with Crippen molar-refractivity contribution in [1.82, 2.24) is 5.32 Å². The molecule has 0 saturated carbocycles. The Hall–Kier alpha value is -2.20. The lowest BCUT2D eigenvalue weighted by Gasteiger charge is -2.32. The molecule has 3 rings (SSSR count). The van der Waals surface area contributed by atoms with Gasteiger partial charge in [-0.05, 0) is 45.3 Å². The molecule has 0 unspecified atom stereocenters. The first-order valence-corrected chi connectivity index (χ1v) is 8.24. The molecule has 0 spiro atoms. The van der Waals surface area contributed by atoms with Crippen LogP contribution < -0.4 is 15.9 Å². The fourth-order valence-corrected chi connectivity index (χ4v) is 2.80. The van der Waals surface area contributed by atoms with E-state index in [9.17, 15) is 23.1 Å². The Balaban J connectivity index is 2.06. The number of carboxylic acid groups (broad SMARTS) is 1. The van der Waals surface area contributed by atoms with E-state index in [0.717, 1.165) is 6.07 Å². The Bertz CT molecular complexity index is 875. The number of furan rings is 1. The lowest BCUT2D eigenvalue weighted by atomic mass is 9.77. The summed E-state index contributed by atoms with van der Waals surface area (Å²) in [7, 11) is -0.972. The highest BCUT2D eigenvalue weighted by atomic mass is 19.4. The van der Waals surface area contributed by atoms with E-state index >= 15 is 0 Å². The van der Waals surface area contributed by atoms with Crippen molar-refractivity contribution >= 4 is 29.6 Å². The van der Waals surface area contributed by atoms with Gasteiger partial charge in [0.15, 0.2) is 0 Å². The highest BCUT2D eigenvalue weighted by Gasteiger charge is 2.52. The van der Waals surface area contributed by atoms with Crippen LogP contribution in [-0.4, -0.2) is 24.4 Å². The molecule has 0 bridgehead atoms. The number of carbonyl (C=O) groups excluding carboxylic acids is 1. The third-order valence-electron chi connectivity index (χ3n) is 4.93. The second kappa shape index (κ2) is 6.17. The van der Waals surface area contributed by atoms with E-state index in [0.29, 0.717) is 0 Å². The minimum absolute atomic E-state index is 0.0331. The maximum absolute atomic E-state index is 13.6. The normalized spacial score (nSPS) is 18.9. The standard InChI is InChI=1S/C17H19BF3NO5/c1-15(2)16(3,4)27-18(26-15)10-5-9-6-11(8-22-14(23)24)25-13(9)12(7-10)17(19,20)21/h5-7,22H,8H2,1-4H3,(H,23,24)/p-1. The topological polar surface area (TPSA) is 83.8 Å². The van der Waals surface area contributed by atoms with Crippen LogP contribution in [0.4, 0.5) is 18.0 Å². The van der Waals surface area contributed by atoms with Gasteiger partial charge in [-0.2, -0.15) is 13.2 Å². The number of hydrogen-bond acceptors (Lipinski definition) is 5. The lowest BCUT2D eigenvalue weighted by Crippen LogP contribution is -2.41. The van der Waals surface area contributed by atoms with Gasteiger partial charge >= 0.3 is 13.3 Å². The largest absolute Gasteiger partial charge is 0.530 e. The summed E-state index contributed by atoms with van der Waals surface area (Å²) >= 11 is 0. The van der Waals surface area contributed by atoms with Crippen molar-refractivity contribution in [3.8, 4) is 0 Å². The molecule has 6 nitrogen and oxygen atoms in total. The minimum atomic E-state index is -4.67. The molecule has 1 aromatic heterocycles. The molecule has 1 N–H and O–H groups in total. The third-order valence-corrected chi connectivity index (χ3v) is 4.93. The molecule has 1 aliphatic heterocycles. The Morgan fingerprint density at radius 2 is 1.74 bits per heavy atom. The van der Waals surface area contributed by atoms with E-state index in [1.165, 1.54) is 12.1 Å². The quantitative estimate of drug-likeness (QED) is 0.821. The summed E-state index contributed by atoms with van der Waals surface area (Å²) in [5, 5.41) is 12.6. The number of alkyl halides is 3. The highest BCUT2D eigenvalue weighted by molar-refractivity contribution is 6.62. The van der Waals surface area contributed by atoms with Crippen LogP contribution in [0.15, 0.2) is 22.6 Å². The van der Waals surface area contributed by atoms with Gasteiger partial charge in [0.05, 0.1) is 23.3 Å². The molecule has 2 heterocycles. The molecule has 2 aromatic rings. The lowest BCUT2D eigenvalue weighted by molar-refractivity contribution is -0.251. The maximum atomic E-state index is 13.6. The van der Waals surface area contributed by atoms with Gasteiger partial charge in [-0.3, -0.25) is 0 Å². The summed E-state index contributed by atoms with van der Waals surface area (Å²) in [6.07, 6.45) is -6.22. The third kappa shape index (κ3) is 3.63. The zero-order valence-corrected chi connectivity index (χ0v) is 15.2.